The summed E-state index contributed by atoms with van der Waals surface area (Å²) in [6.45, 7) is 0. The molecule has 0 N–H and O–H groups in total. The number of esters is 1. The Balaban J connectivity index is 2.19. The van der Waals surface area contributed by atoms with Crippen molar-refractivity contribution >= 4 is 52.9 Å². The van der Waals surface area contributed by atoms with E-state index in [2.05, 4.69) is 9.84 Å². The lowest BCUT2D eigenvalue weighted by Gasteiger charge is -2.00. The van der Waals surface area contributed by atoms with E-state index < -0.39 is 0 Å². The third-order valence-electron chi connectivity index (χ3n) is 2.14. The summed E-state index contributed by atoms with van der Waals surface area (Å²) < 4.78 is 7.57. The predicted molar refractivity (Wildman–Crippen MR) is 80.0 cm³/mol. The maximum atomic E-state index is 11.1. The molecular formula is C11H9ClN2O2S3. The number of rotatable bonds is 4. The second kappa shape index (κ2) is 6.51. The summed E-state index contributed by atoms with van der Waals surface area (Å²) in [4.78, 5) is 11.1. The fourth-order valence-electron chi connectivity index (χ4n) is 1.24. The van der Waals surface area contributed by atoms with Crippen LogP contribution in [-0.4, -0.2) is 28.6 Å². The highest BCUT2D eigenvalue weighted by Gasteiger charge is 2.09. The van der Waals surface area contributed by atoms with Gasteiger partial charge >= 0.3 is 5.97 Å². The van der Waals surface area contributed by atoms with E-state index in [0.29, 0.717) is 8.98 Å². The van der Waals surface area contributed by atoms with Crippen molar-refractivity contribution in [1.82, 2.24) is 9.78 Å². The number of hydrogen-bond donors (Lipinski definition) is 0. The van der Waals surface area contributed by atoms with Gasteiger partial charge in [0.25, 0.3) is 0 Å². The van der Waals surface area contributed by atoms with Crippen LogP contribution in [0, 0.1) is 3.95 Å². The lowest BCUT2D eigenvalue weighted by molar-refractivity contribution is -0.137. The minimum atomic E-state index is -0.288. The Morgan fingerprint density at radius 3 is 2.84 bits per heavy atom. The van der Waals surface area contributed by atoms with Crippen LogP contribution >= 0.6 is 46.9 Å². The first kappa shape index (κ1) is 14.5. The van der Waals surface area contributed by atoms with Crippen molar-refractivity contribution in [3.63, 3.8) is 0 Å². The van der Waals surface area contributed by atoms with Gasteiger partial charge in [-0.1, -0.05) is 34.7 Å². The molecule has 19 heavy (non-hydrogen) atoms. The molecule has 0 saturated heterocycles. The van der Waals surface area contributed by atoms with E-state index >= 15 is 0 Å². The van der Waals surface area contributed by atoms with Crippen molar-refractivity contribution in [2.75, 3.05) is 12.9 Å². The molecule has 0 amide bonds. The predicted octanol–water partition coefficient (Wildman–Crippen LogP) is 3.58. The summed E-state index contributed by atoms with van der Waals surface area (Å²) in [5.41, 5.74) is 0.843. The number of hydrogen-bond acceptors (Lipinski definition) is 6. The number of ether oxygens (including phenoxy) is 1. The first-order valence-corrected chi connectivity index (χ1v) is 7.74. The van der Waals surface area contributed by atoms with Crippen LogP contribution in [0.3, 0.4) is 0 Å². The number of methoxy groups -OCH3 is 1. The van der Waals surface area contributed by atoms with Gasteiger partial charge < -0.3 is 4.74 Å². The number of halogens is 1. The fourth-order valence-corrected chi connectivity index (χ4v) is 3.56. The topological polar surface area (TPSA) is 44.1 Å². The van der Waals surface area contributed by atoms with Gasteiger partial charge in [-0.15, -0.1) is 5.10 Å². The van der Waals surface area contributed by atoms with Gasteiger partial charge in [0.05, 0.1) is 18.6 Å². The second-order valence-electron chi connectivity index (χ2n) is 3.39. The Labute approximate surface area is 128 Å². The zero-order valence-electron chi connectivity index (χ0n) is 9.83. The summed E-state index contributed by atoms with van der Waals surface area (Å²) in [6.07, 6.45) is 0. The van der Waals surface area contributed by atoms with Crippen molar-refractivity contribution in [3.8, 4) is 5.69 Å². The molecule has 2 rings (SSSR count). The van der Waals surface area contributed by atoms with Crippen molar-refractivity contribution in [1.29, 1.82) is 0 Å². The number of carbonyl (C=O) groups is 1. The minimum absolute atomic E-state index is 0.222. The average Bonchev–Trinajstić information content (AvgIpc) is 2.78. The number of thioether (sulfide) groups is 1. The summed E-state index contributed by atoms with van der Waals surface area (Å²) in [5, 5.41) is 5.02. The van der Waals surface area contributed by atoms with Crippen molar-refractivity contribution in [3.05, 3.63) is 33.2 Å². The largest absolute Gasteiger partial charge is 0.468 e. The van der Waals surface area contributed by atoms with Crippen LogP contribution in [0.5, 0.6) is 0 Å². The van der Waals surface area contributed by atoms with E-state index in [1.54, 1.807) is 16.8 Å². The number of aromatic nitrogens is 2. The van der Waals surface area contributed by atoms with Crippen LogP contribution in [0.25, 0.3) is 5.69 Å². The Morgan fingerprint density at radius 1 is 1.53 bits per heavy atom. The molecule has 0 radical (unpaired) electrons. The molecule has 0 atom stereocenters. The summed E-state index contributed by atoms with van der Waals surface area (Å²) in [7, 11) is 1.36. The van der Waals surface area contributed by atoms with E-state index in [-0.39, 0.29) is 11.7 Å². The van der Waals surface area contributed by atoms with Gasteiger partial charge in [-0.2, -0.15) is 0 Å². The van der Waals surface area contributed by atoms with E-state index in [0.717, 1.165) is 10.0 Å². The van der Waals surface area contributed by atoms with Crippen LogP contribution in [0.15, 0.2) is 28.6 Å². The van der Waals surface area contributed by atoms with E-state index in [9.17, 15) is 4.79 Å². The molecule has 100 valence electrons. The summed E-state index contributed by atoms with van der Waals surface area (Å²) in [6, 6.07) is 7.23. The molecule has 1 heterocycles. The minimum Gasteiger partial charge on any atom is -0.468 e. The van der Waals surface area contributed by atoms with Crippen molar-refractivity contribution in [2.24, 2.45) is 0 Å². The molecule has 1 aromatic heterocycles. The van der Waals surface area contributed by atoms with Crippen LogP contribution in [-0.2, 0) is 9.53 Å². The van der Waals surface area contributed by atoms with Crippen LogP contribution in [0.1, 0.15) is 0 Å². The molecule has 0 aliphatic carbocycles. The molecule has 1 aromatic carbocycles. The summed E-state index contributed by atoms with van der Waals surface area (Å²) >= 11 is 13.7. The van der Waals surface area contributed by atoms with E-state index in [1.807, 2.05) is 12.1 Å². The molecule has 0 aliphatic heterocycles. The molecule has 8 heteroatoms. The maximum Gasteiger partial charge on any atom is 0.316 e. The van der Waals surface area contributed by atoms with Gasteiger partial charge in [0.15, 0.2) is 8.29 Å². The highest BCUT2D eigenvalue weighted by atomic mass is 35.5. The van der Waals surface area contributed by atoms with Crippen LogP contribution < -0.4 is 0 Å². The molecule has 0 unspecified atom stereocenters. The number of nitrogens with zero attached hydrogens (tertiary/aromatic N) is 2. The van der Waals surface area contributed by atoms with E-state index in [4.69, 9.17) is 23.8 Å². The first-order valence-electron chi connectivity index (χ1n) is 5.16. The molecule has 4 nitrogen and oxygen atoms in total. The van der Waals surface area contributed by atoms with Crippen molar-refractivity contribution in [2.45, 2.75) is 4.34 Å². The third kappa shape index (κ3) is 3.79. The number of benzene rings is 1. The molecule has 0 aliphatic rings. The fraction of sp³-hybridized carbons (Fsp3) is 0.182. The smallest absolute Gasteiger partial charge is 0.316 e. The lowest BCUT2D eigenvalue weighted by atomic mass is 10.3. The molecule has 0 bridgehead atoms. The maximum absolute atomic E-state index is 11.1. The van der Waals surface area contributed by atoms with Gasteiger partial charge in [-0.25, -0.2) is 4.68 Å². The Kier molecular flexibility index (Phi) is 4.98. The van der Waals surface area contributed by atoms with Crippen LogP contribution in [0.4, 0.5) is 0 Å². The Morgan fingerprint density at radius 2 is 2.21 bits per heavy atom. The Bertz CT molecular complexity index is 636. The van der Waals surface area contributed by atoms with Gasteiger partial charge in [-0.3, -0.25) is 4.79 Å². The SMILES string of the molecule is COC(=O)CSc1nn(-c2ccc(Cl)cc2)c(=S)s1. The first-order chi connectivity index (χ1) is 9.10. The quantitative estimate of drug-likeness (QED) is 0.486. The second-order valence-corrected chi connectivity index (χ2v) is 6.67. The summed E-state index contributed by atoms with van der Waals surface area (Å²) in [5.74, 6) is -0.0662. The highest BCUT2D eigenvalue weighted by Crippen LogP contribution is 2.24. The van der Waals surface area contributed by atoms with Crippen molar-refractivity contribution < 1.29 is 9.53 Å². The Hall–Kier alpha value is -0.890. The van der Waals surface area contributed by atoms with Gasteiger partial charge in [0.1, 0.15) is 0 Å². The zero-order valence-corrected chi connectivity index (χ0v) is 13.0. The standard InChI is InChI=1S/C11H9ClN2O2S3/c1-16-9(15)6-18-10-13-14(11(17)19-10)8-4-2-7(12)3-5-8/h2-5H,6H2,1H3. The van der Waals surface area contributed by atoms with E-state index in [1.165, 1.54) is 30.2 Å². The third-order valence-corrected chi connectivity index (χ3v) is 4.73. The van der Waals surface area contributed by atoms with Gasteiger partial charge in [0.2, 0.25) is 0 Å². The molecule has 0 fully saturated rings. The molecular weight excluding hydrogens is 324 g/mol. The average molecular weight is 333 g/mol. The molecule has 0 spiro atoms. The molecule has 2 aromatic rings. The van der Waals surface area contributed by atoms with Gasteiger partial charge in [0, 0.05) is 5.02 Å². The van der Waals surface area contributed by atoms with Gasteiger partial charge in [-0.05, 0) is 36.5 Å². The highest BCUT2D eigenvalue weighted by molar-refractivity contribution is 8.01. The molecule has 0 saturated carbocycles. The normalized spacial score (nSPS) is 10.4. The van der Waals surface area contributed by atoms with Crippen LogP contribution in [0.2, 0.25) is 5.02 Å². The monoisotopic (exact) mass is 332 g/mol. The lowest BCUT2D eigenvalue weighted by Crippen LogP contribution is -2.03. The zero-order chi connectivity index (χ0) is 13.8. The number of carbonyl (C=O) groups excluding carboxylic acids is 1.